The Morgan fingerprint density at radius 2 is 1.64 bits per heavy atom. The second-order valence-electron chi connectivity index (χ2n) is 6.84. The number of aliphatic hydroxyl groups is 1. The Labute approximate surface area is 149 Å². The molecule has 1 atom stereocenters. The van der Waals surface area contributed by atoms with Crippen molar-refractivity contribution in [3.63, 3.8) is 0 Å². The maximum absolute atomic E-state index is 10.3. The number of hydrogen-bond acceptors (Lipinski definition) is 4. The van der Waals surface area contributed by atoms with Gasteiger partial charge < -0.3 is 20.3 Å². The normalized spacial score (nSPS) is 21.7. The minimum Gasteiger partial charge on any atom is -0.508 e. The van der Waals surface area contributed by atoms with E-state index >= 15 is 0 Å². The van der Waals surface area contributed by atoms with Gasteiger partial charge in [-0.1, -0.05) is 24.3 Å². The monoisotopic (exact) mass is 341 g/mol. The Morgan fingerprint density at radius 1 is 1.00 bits per heavy atom. The number of rotatable bonds is 6. The van der Waals surface area contributed by atoms with Crippen LogP contribution in [0.4, 0.5) is 0 Å². The number of hydrogen-bond donors (Lipinski definition) is 3. The zero-order chi connectivity index (χ0) is 17.6. The highest BCUT2D eigenvalue weighted by Gasteiger charge is 2.22. The Kier molecular flexibility index (Phi) is 5.95. The van der Waals surface area contributed by atoms with Crippen LogP contribution in [0, 0.1) is 0 Å². The molecule has 1 aliphatic carbocycles. The Morgan fingerprint density at radius 3 is 2.24 bits per heavy atom. The van der Waals surface area contributed by atoms with Crippen LogP contribution in [0.3, 0.4) is 0 Å². The van der Waals surface area contributed by atoms with Crippen LogP contribution in [0.15, 0.2) is 48.5 Å². The third-order valence-electron chi connectivity index (χ3n) is 5.19. The molecule has 2 aromatic carbocycles. The average Bonchev–Trinajstić information content (AvgIpc) is 2.67. The van der Waals surface area contributed by atoms with Gasteiger partial charge in [-0.25, -0.2) is 0 Å². The average molecular weight is 341 g/mol. The van der Waals surface area contributed by atoms with E-state index in [1.807, 2.05) is 36.4 Å². The van der Waals surface area contributed by atoms with Crippen molar-refractivity contribution in [2.75, 3.05) is 13.7 Å². The van der Waals surface area contributed by atoms with Crippen LogP contribution in [0.5, 0.6) is 11.5 Å². The first-order chi connectivity index (χ1) is 12.2. The van der Waals surface area contributed by atoms with Crippen LogP contribution in [0.25, 0.3) is 0 Å². The number of phenols is 1. The predicted octanol–water partition coefficient (Wildman–Crippen LogP) is 3.75. The van der Waals surface area contributed by atoms with Crippen LogP contribution >= 0.6 is 0 Å². The molecule has 1 unspecified atom stereocenters. The molecule has 0 spiro atoms. The van der Waals surface area contributed by atoms with Gasteiger partial charge in [-0.3, -0.25) is 0 Å². The largest absolute Gasteiger partial charge is 0.508 e. The summed E-state index contributed by atoms with van der Waals surface area (Å²) in [5, 5.41) is 23.3. The molecule has 0 bridgehead atoms. The van der Waals surface area contributed by atoms with E-state index in [1.165, 1.54) is 5.56 Å². The molecule has 0 aromatic heterocycles. The van der Waals surface area contributed by atoms with Gasteiger partial charge in [0.2, 0.25) is 0 Å². The van der Waals surface area contributed by atoms with Crippen molar-refractivity contribution in [1.29, 1.82) is 0 Å². The fraction of sp³-hybridized carbons (Fsp3) is 0.429. The topological polar surface area (TPSA) is 61.7 Å². The van der Waals surface area contributed by atoms with Crippen molar-refractivity contribution in [2.45, 2.75) is 43.7 Å². The third-order valence-corrected chi connectivity index (χ3v) is 5.19. The minimum absolute atomic E-state index is 0.326. The van der Waals surface area contributed by atoms with Crippen molar-refractivity contribution in [3.05, 3.63) is 59.7 Å². The molecular weight excluding hydrogens is 314 g/mol. The smallest absolute Gasteiger partial charge is 0.118 e. The quantitative estimate of drug-likeness (QED) is 0.749. The van der Waals surface area contributed by atoms with E-state index in [1.54, 1.807) is 19.2 Å². The van der Waals surface area contributed by atoms with Crippen molar-refractivity contribution >= 4 is 0 Å². The fourth-order valence-corrected chi connectivity index (χ4v) is 3.60. The van der Waals surface area contributed by atoms with Gasteiger partial charge in [0.1, 0.15) is 11.5 Å². The summed E-state index contributed by atoms with van der Waals surface area (Å²) in [6, 6.07) is 15.6. The number of benzene rings is 2. The van der Waals surface area contributed by atoms with Crippen molar-refractivity contribution in [2.24, 2.45) is 0 Å². The van der Waals surface area contributed by atoms with Gasteiger partial charge in [-0.2, -0.15) is 0 Å². The molecule has 2 aromatic rings. The highest BCUT2D eigenvalue weighted by molar-refractivity contribution is 5.29. The molecule has 0 heterocycles. The molecule has 3 N–H and O–H groups in total. The molecule has 3 rings (SSSR count). The second-order valence-corrected chi connectivity index (χ2v) is 6.84. The lowest BCUT2D eigenvalue weighted by Crippen LogP contribution is -2.35. The molecule has 4 heteroatoms. The van der Waals surface area contributed by atoms with Gasteiger partial charge in [-0.15, -0.1) is 0 Å². The highest BCUT2D eigenvalue weighted by atomic mass is 16.5. The zero-order valence-electron chi connectivity index (χ0n) is 14.7. The number of methoxy groups -OCH3 is 1. The molecule has 1 fully saturated rings. The summed E-state index contributed by atoms with van der Waals surface area (Å²) in [6.45, 7) is 0.570. The maximum Gasteiger partial charge on any atom is 0.118 e. The summed E-state index contributed by atoms with van der Waals surface area (Å²) >= 11 is 0. The highest BCUT2D eigenvalue weighted by Crippen LogP contribution is 2.33. The van der Waals surface area contributed by atoms with Gasteiger partial charge in [0, 0.05) is 12.6 Å². The summed E-state index contributed by atoms with van der Waals surface area (Å²) in [6.07, 6.45) is 4.00. The summed E-state index contributed by atoms with van der Waals surface area (Å²) in [5.41, 5.74) is 2.22. The lowest BCUT2D eigenvalue weighted by molar-refractivity contribution is 0.164. The number of nitrogens with one attached hydrogen (secondary N) is 1. The van der Waals surface area contributed by atoms with Gasteiger partial charge in [-0.05, 0) is 67.0 Å². The van der Waals surface area contributed by atoms with E-state index in [4.69, 9.17) is 4.74 Å². The van der Waals surface area contributed by atoms with E-state index in [0.29, 0.717) is 24.3 Å². The lowest BCUT2D eigenvalue weighted by atomic mass is 9.81. The van der Waals surface area contributed by atoms with Crippen LogP contribution < -0.4 is 10.1 Å². The van der Waals surface area contributed by atoms with Gasteiger partial charge in [0.15, 0.2) is 0 Å². The molecule has 0 radical (unpaired) electrons. The molecular formula is C21H27NO3. The van der Waals surface area contributed by atoms with E-state index in [0.717, 1.165) is 37.0 Å². The molecule has 0 amide bonds. The number of aromatic hydroxyl groups is 1. The molecule has 0 aliphatic heterocycles. The Balaban J connectivity index is 1.44. The first-order valence-corrected chi connectivity index (χ1v) is 9.00. The first-order valence-electron chi connectivity index (χ1n) is 9.00. The SMILES string of the molecule is COc1ccc(C(O)CNC2CCC(c3ccc(O)cc3)CC2)cc1. The van der Waals surface area contributed by atoms with Gasteiger partial charge >= 0.3 is 0 Å². The Hall–Kier alpha value is -2.04. The number of ether oxygens (including phenoxy) is 1. The molecule has 4 nitrogen and oxygen atoms in total. The summed E-state index contributed by atoms with van der Waals surface area (Å²) in [4.78, 5) is 0. The van der Waals surface area contributed by atoms with Crippen molar-refractivity contribution in [1.82, 2.24) is 5.32 Å². The van der Waals surface area contributed by atoms with E-state index in [9.17, 15) is 10.2 Å². The fourth-order valence-electron chi connectivity index (χ4n) is 3.60. The molecule has 1 saturated carbocycles. The van der Waals surface area contributed by atoms with Crippen molar-refractivity contribution < 1.29 is 14.9 Å². The van der Waals surface area contributed by atoms with Crippen LogP contribution in [-0.2, 0) is 0 Å². The van der Waals surface area contributed by atoms with Crippen molar-refractivity contribution in [3.8, 4) is 11.5 Å². The van der Waals surface area contributed by atoms with Gasteiger partial charge in [0.05, 0.1) is 13.2 Å². The molecule has 134 valence electrons. The first kappa shape index (κ1) is 17.8. The number of aliphatic hydroxyl groups excluding tert-OH is 1. The van der Waals surface area contributed by atoms with Crippen LogP contribution in [-0.4, -0.2) is 29.9 Å². The zero-order valence-corrected chi connectivity index (χ0v) is 14.7. The summed E-state index contributed by atoms with van der Waals surface area (Å²) in [5.74, 6) is 1.70. The molecule has 0 saturated heterocycles. The number of phenolic OH excluding ortho intramolecular Hbond substituents is 1. The lowest BCUT2D eigenvalue weighted by Gasteiger charge is -2.30. The predicted molar refractivity (Wildman–Crippen MR) is 99.1 cm³/mol. The maximum atomic E-state index is 10.3. The van der Waals surface area contributed by atoms with Gasteiger partial charge in [0.25, 0.3) is 0 Å². The second kappa shape index (κ2) is 8.37. The molecule has 1 aliphatic rings. The van der Waals surface area contributed by atoms with E-state index in [-0.39, 0.29) is 0 Å². The summed E-state index contributed by atoms with van der Waals surface area (Å²) < 4.78 is 5.15. The third kappa shape index (κ3) is 4.74. The summed E-state index contributed by atoms with van der Waals surface area (Å²) in [7, 11) is 1.64. The standard InChI is InChI=1S/C21H27NO3/c1-25-20-12-6-17(7-13-20)21(24)14-22-18-8-2-15(3-9-18)16-4-10-19(23)11-5-16/h4-7,10-13,15,18,21-24H,2-3,8-9,14H2,1H3. The van der Waals surface area contributed by atoms with E-state index < -0.39 is 6.10 Å². The van der Waals surface area contributed by atoms with Crippen LogP contribution in [0.1, 0.15) is 48.8 Å². The van der Waals surface area contributed by atoms with E-state index in [2.05, 4.69) is 5.32 Å². The molecule has 25 heavy (non-hydrogen) atoms. The Bertz CT molecular complexity index is 646. The van der Waals surface area contributed by atoms with Crippen LogP contribution in [0.2, 0.25) is 0 Å². The minimum atomic E-state index is -0.499.